The smallest absolute Gasteiger partial charge is 0.0992 e. The average Bonchev–Trinajstić information content (AvgIpc) is 2.67. The van der Waals surface area contributed by atoms with Crippen molar-refractivity contribution in [3.05, 3.63) is 28.7 Å². The van der Waals surface area contributed by atoms with Crippen molar-refractivity contribution in [2.24, 2.45) is 5.92 Å². The molecular weight excluding hydrogens is 306 g/mol. The summed E-state index contributed by atoms with van der Waals surface area (Å²) in [5.74, 6) is 0.564. The molecule has 1 aliphatic rings. The van der Waals surface area contributed by atoms with E-state index in [4.69, 9.17) is 0 Å². The molecule has 1 nitrogen and oxygen atoms in total. The molecule has 0 aromatic heterocycles. The number of nitriles is 1. The summed E-state index contributed by atoms with van der Waals surface area (Å²) in [6.07, 6.45) is 7.70. The molecule has 1 unspecified atom stereocenters. The Morgan fingerprint density at radius 2 is 1.83 bits per heavy atom. The molecule has 2 rings (SSSR count). The Morgan fingerprint density at radius 3 is 2.44 bits per heavy atom. The maximum absolute atomic E-state index is 9.44. The Morgan fingerprint density at radius 1 is 1.17 bits per heavy atom. The van der Waals surface area contributed by atoms with Crippen LogP contribution in [-0.2, 0) is 0 Å². The monoisotopic (exact) mass is 323 g/mol. The molecule has 0 amide bonds. The molecule has 3 heteroatoms. The predicted molar refractivity (Wildman–Crippen MR) is 80.6 cm³/mol. The lowest BCUT2D eigenvalue weighted by Crippen LogP contribution is -2.14. The summed E-state index contributed by atoms with van der Waals surface area (Å²) >= 11 is 5.29. The molecule has 0 bridgehead atoms. The van der Waals surface area contributed by atoms with Gasteiger partial charge < -0.3 is 0 Å². The second-order valence-corrected chi connectivity index (χ2v) is 6.89. The van der Waals surface area contributed by atoms with Gasteiger partial charge >= 0.3 is 0 Å². The van der Waals surface area contributed by atoms with Gasteiger partial charge in [-0.05, 0) is 46.8 Å². The van der Waals surface area contributed by atoms with Crippen LogP contribution in [0.1, 0.15) is 38.5 Å². The molecule has 96 valence electrons. The molecule has 0 radical (unpaired) electrons. The summed E-state index contributed by atoms with van der Waals surface area (Å²) in [5, 5.41) is 9.54. The van der Waals surface area contributed by atoms with Gasteiger partial charge in [0.2, 0.25) is 0 Å². The van der Waals surface area contributed by atoms with E-state index in [1.54, 1.807) is 11.8 Å². The molecule has 0 saturated heterocycles. The van der Waals surface area contributed by atoms with Crippen LogP contribution in [0.15, 0.2) is 33.6 Å². The first kappa shape index (κ1) is 14.0. The highest BCUT2D eigenvalue weighted by atomic mass is 79.9. The molecule has 1 fully saturated rings. The van der Waals surface area contributed by atoms with Gasteiger partial charge in [0.05, 0.1) is 11.3 Å². The summed E-state index contributed by atoms with van der Waals surface area (Å²) in [5.41, 5.74) is 0. The van der Waals surface area contributed by atoms with Gasteiger partial charge in [0.15, 0.2) is 0 Å². The summed E-state index contributed by atoms with van der Waals surface area (Å²) in [7, 11) is 0. The molecule has 0 N–H and O–H groups in total. The molecule has 1 aromatic carbocycles. The van der Waals surface area contributed by atoms with Crippen LogP contribution in [0.4, 0.5) is 0 Å². The number of nitrogens with zero attached hydrogens (tertiary/aromatic N) is 1. The van der Waals surface area contributed by atoms with E-state index >= 15 is 0 Å². The Bertz CT molecular complexity index is 419. The van der Waals surface area contributed by atoms with Crippen molar-refractivity contribution in [3.63, 3.8) is 0 Å². The van der Waals surface area contributed by atoms with Gasteiger partial charge in [-0.25, -0.2) is 0 Å². The van der Waals surface area contributed by atoms with Crippen LogP contribution >= 0.6 is 27.7 Å². The Balaban J connectivity index is 2.05. The van der Waals surface area contributed by atoms with E-state index in [0.717, 1.165) is 4.47 Å². The van der Waals surface area contributed by atoms with E-state index in [0.29, 0.717) is 5.92 Å². The van der Waals surface area contributed by atoms with Gasteiger partial charge in [0.25, 0.3) is 0 Å². The fraction of sp³-hybridized carbons (Fsp3) is 0.533. The van der Waals surface area contributed by atoms with Crippen LogP contribution in [0.25, 0.3) is 0 Å². The highest BCUT2D eigenvalue weighted by molar-refractivity contribution is 9.10. The van der Waals surface area contributed by atoms with Crippen LogP contribution in [-0.4, -0.2) is 5.25 Å². The minimum atomic E-state index is 0.0989. The summed E-state index contributed by atoms with van der Waals surface area (Å²) in [6.45, 7) is 0. The van der Waals surface area contributed by atoms with Crippen molar-refractivity contribution in [3.8, 4) is 6.07 Å². The molecule has 18 heavy (non-hydrogen) atoms. The van der Waals surface area contributed by atoms with Gasteiger partial charge in [-0.1, -0.05) is 37.8 Å². The SMILES string of the molecule is N#CC(Sc1ccccc1Br)C1CCCCCC1. The van der Waals surface area contributed by atoms with Crippen molar-refractivity contribution in [2.45, 2.75) is 48.7 Å². The van der Waals surface area contributed by atoms with Crippen LogP contribution in [0, 0.1) is 17.2 Å². The van der Waals surface area contributed by atoms with Crippen LogP contribution < -0.4 is 0 Å². The maximum atomic E-state index is 9.44. The lowest BCUT2D eigenvalue weighted by atomic mass is 9.97. The van der Waals surface area contributed by atoms with Crippen LogP contribution in [0.3, 0.4) is 0 Å². The molecule has 1 aliphatic carbocycles. The number of hydrogen-bond donors (Lipinski definition) is 0. The maximum Gasteiger partial charge on any atom is 0.0992 e. The number of halogens is 1. The lowest BCUT2D eigenvalue weighted by molar-refractivity contribution is 0.479. The molecule has 1 aromatic rings. The van der Waals surface area contributed by atoms with Crippen LogP contribution in [0.2, 0.25) is 0 Å². The Hall–Kier alpha value is -0.460. The number of thioether (sulfide) groups is 1. The van der Waals surface area contributed by atoms with Gasteiger partial charge in [0.1, 0.15) is 0 Å². The number of hydrogen-bond acceptors (Lipinski definition) is 2. The van der Waals surface area contributed by atoms with Gasteiger partial charge in [-0.3, -0.25) is 0 Å². The van der Waals surface area contributed by atoms with E-state index < -0.39 is 0 Å². The van der Waals surface area contributed by atoms with Crippen molar-refractivity contribution >= 4 is 27.7 Å². The summed E-state index contributed by atoms with van der Waals surface area (Å²) in [6, 6.07) is 10.7. The average molecular weight is 324 g/mol. The van der Waals surface area contributed by atoms with Crippen molar-refractivity contribution in [2.75, 3.05) is 0 Å². The van der Waals surface area contributed by atoms with Gasteiger partial charge in [0, 0.05) is 9.37 Å². The quantitative estimate of drug-likeness (QED) is 0.549. The first-order valence-electron chi connectivity index (χ1n) is 6.62. The zero-order chi connectivity index (χ0) is 12.8. The van der Waals surface area contributed by atoms with Gasteiger partial charge in [-0.2, -0.15) is 5.26 Å². The minimum absolute atomic E-state index is 0.0989. The van der Waals surface area contributed by atoms with E-state index in [1.165, 1.54) is 43.4 Å². The predicted octanol–water partition coefficient (Wildman–Crippen LogP) is 5.40. The molecule has 1 atom stereocenters. The van der Waals surface area contributed by atoms with Crippen molar-refractivity contribution < 1.29 is 0 Å². The zero-order valence-corrected chi connectivity index (χ0v) is 12.8. The van der Waals surface area contributed by atoms with E-state index in [1.807, 2.05) is 18.2 Å². The van der Waals surface area contributed by atoms with E-state index in [9.17, 15) is 5.26 Å². The van der Waals surface area contributed by atoms with Gasteiger partial charge in [-0.15, -0.1) is 11.8 Å². The second-order valence-electron chi connectivity index (χ2n) is 4.85. The van der Waals surface area contributed by atoms with E-state index in [2.05, 4.69) is 28.1 Å². The normalized spacial score (nSPS) is 18.9. The third-order valence-corrected chi connectivity index (χ3v) is 5.85. The second kappa shape index (κ2) is 7.21. The molecular formula is C15H18BrNS. The Labute approximate surface area is 122 Å². The topological polar surface area (TPSA) is 23.8 Å². The number of rotatable bonds is 3. The lowest BCUT2D eigenvalue weighted by Gasteiger charge is -2.20. The Kier molecular flexibility index (Phi) is 5.59. The third-order valence-electron chi connectivity index (χ3n) is 3.55. The fourth-order valence-corrected chi connectivity index (χ4v) is 4.21. The first-order chi connectivity index (χ1) is 8.81. The van der Waals surface area contributed by atoms with Crippen LogP contribution in [0.5, 0.6) is 0 Å². The van der Waals surface area contributed by atoms with Crippen molar-refractivity contribution in [1.82, 2.24) is 0 Å². The molecule has 1 saturated carbocycles. The molecule has 0 spiro atoms. The third kappa shape index (κ3) is 3.76. The molecule has 0 aliphatic heterocycles. The molecule has 0 heterocycles. The van der Waals surface area contributed by atoms with Crippen molar-refractivity contribution in [1.29, 1.82) is 5.26 Å². The standard InChI is InChI=1S/C15H18BrNS/c16-13-9-5-6-10-14(13)18-15(11-17)12-7-3-1-2-4-8-12/h5-6,9-10,12,15H,1-4,7-8H2. The van der Waals surface area contributed by atoms with E-state index in [-0.39, 0.29) is 5.25 Å². The number of benzene rings is 1. The zero-order valence-electron chi connectivity index (χ0n) is 10.4. The summed E-state index contributed by atoms with van der Waals surface area (Å²) in [4.78, 5) is 1.19. The largest absolute Gasteiger partial charge is 0.197 e. The fourth-order valence-electron chi connectivity index (χ4n) is 2.52. The minimum Gasteiger partial charge on any atom is -0.197 e. The summed E-state index contributed by atoms with van der Waals surface area (Å²) < 4.78 is 1.10. The highest BCUT2D eigenvalue weighted by Gasteiger charge is 2.24. The highest BCUT2D eigenvalue weighted by Crippen LogP contribution is 2.37. The first-order valence-corrected chi connectivity index (χ1v) is 8.29.